The molecule has 5 rings (SSSR count). The van der Waals surface area contributed by atoms with Crippen LogP contribution >= 0.6 is 11.3 Å². The Morgan fingerprint density at radius 3 is 2.89 bits per heavy atom. The Morgan fingerprint density at radius 2 is 2.00 bits per heavy atom. The Balaban J connectivity index is 1.58. The highest BCUT2D eigenvalue weighted by atomic mass is 32.1. The smallest absolute Gasteiger partial charge is 0.0888 e. The Kier molecular flexibility index (Phi) is 4.03. The topological polar surface area (TPSA) is 29.0 Å². The summed E-state index contributed by atoms with van der Waals surface area (Å²) in [6, 6.07) is 15.9. The van der Waals surface area contributed by atoms with Crippen molar-refractivity contribution in [3.63, 3.8) is 0 Å². The third-order valence-corrected chi connectivity index (χ3v) is 6.28. The summed E-state index contributed by atoms with van der Waals surface area (Å²) in [5.74, 6) is 0.403. The van der Waals surface area contributed by atoms with Gasteiger partial charge in [0, 0.05) is 35.5 Å². The first-order valence-electron chi connectivity index (χ1n) is 9.25. The summed E-state index contributed by atoms with van der Waals surface area (Å²) in [7, 11) is 2.21. The fourth-order valence-corrected chi connectivity index (χ4v) is 4.87. The third kappa shape index (κ3) is 3.05. The van der Waals surface area contributed by atoms with Gasteiger partial charge in [-0.05, 0) is 65.7 Å². The summed E-state index contributed by atoms with van der Waals surface area (Å²) >= 11 is 1.81. The molecule has 1 aliphatic heterocycles. The Hall–Kier alpha value is -2.56. The van der Waals surface area contributed by atoms with Gasteiger partial charge in [-0.2, -0.15) is 0 Å². The molecule has 27 heavy (non-hydrogen) atoms. The van der Waals surface area contributed by atoms with Gasteiger partial charge in [0.05, 0.1) is 17.6 Å². The van der Waals surface area contributed by atoms with Crippen LogP contribution in [0.5, 0.6) is 0 Å². The van der Waals surface area contributed by atoms with Crippen LogP contribution < -0.4 is 0 Å². The van der Waals surface area contributed by atoms with Gasteiger partial charge in [0.15, 0.2) is 0 Å². The molecule has 4 aromatic rings. The van der Waals surface area contributed by atoms with Crippen LogP contribution in [0.4, 0.5) is 0 Å². The van der Waals surface area contributed by atoms with Crippen LogP contribution in [-0.2, 0) is 6.54 Å². The van der Waals surface area contributed by atoms with Gasteiger partial charge in [0.2, 0.25) is 0 Å². The van der Waals surface area contributed by atoms with Crippen molar-refractivity contribution in [3.05, 3.63) is 82.6 Å². The first-order chi connectivity index (χ1) is 13.2. The van der Waals surface area contributed by atoms with E-state index in [1.165, 1.54) is 26.8 Å². The molecule has 0 aliphatic carbocycles. The van der Waals surface area contributed by atoms with Crippen molar-refractivity contribution in [2.45, 2.75) is 19.4 Å². The van der Waals surface area contributed by atoms with Crippen molar-refractivity contribution in [3.8, 4) is 11.3 Å². The van der Waals surface area contributed by atoms with Crippen LogP contribution in [0.2, 0.25) is 0 Å². The van der Waals surface area contributed by atoms with Crippen LogP contribution in [0.15, 0.2) is 60.2 Å². The molecule has 3 heterocycles. The lowest BCUT2D eigenvalue weighted by molar-refractivity contribution is 0.295. The predicted molar refractivity (Wildman–Crippen MR) is 112 cm³/mol. The molecular formula is C23H21N3S. The van der Waals surface area contributed by atoms with Gasteiger partial charge >= 0.3 is 0 Å². The second kappa shape index (κ2) is 6.55. The number of hydrogen-bond acceptors (Lipinski definition) is 4. The highest BCUT2D eigenvalue weighted by molar-refractivity contribution is 7.17. The molecule has 0 spiro atoms. The van der Waals surface area contributed by atoms with Crippen LogP contribution in [-0.4, -0.2) is 28.5 Å². The monoisotopic (exact) mass is 371 g/mol. The lowest BCUT2D eigenvalue weighted by atomic mass is 9.83. The number of likely N-dealkylation sites (N-methyl/N-ethyl adjacent to an activating group) is 1. The molecule has 2 aromatic carbocycles. The molecule has 0 saturated heterocycles. The second-order valence-electron chi connectivity index (χ2n) is 7.43. The minimum absolute atomic E-state index is 0.403. The predicted octanol–water partition coefficient (Wildman–Crippen LogP) is 5.24. The molecule has 0 saturated carbocycles. The average Bonchev–Trinajstić information content (AvgIpc) is 3.14. The molecule has 0 bridgehead atoms. The molecular weight excluding hydrogens is 350 g/mol. The van der Waals surface area contributed by atoms with Crippen molar-refractivity contribution in [1.82, 2.24) is 14.9 Å². The minimum atomic E-state index is 0.403. The van der Waals surface area contributed by atoms with E-state index in [1.54, 1.807) is 17.5 Å². The molecule has 4 heteroatoms. The quantitative estimate of drug-likeness (QED) is 0.482. The van der Waals surface area contributed by atoms with Gasteiger partial charge in [0.25, 0.3) is 0 Å². The molecule has 0 fully saturated rings. The summed E-state index contributed by atoms with van der Waals surface area (Å²) in [6.45, 7) is 4.01. The van der Waals surface area contributed by atoms with Gasteiger partial charge in [-0.15, -0.1) is 11.3 Å². The van der Waals surface area contributed by atoms with Crippen molar-refractivity contribution in [2.24, 2.45) is 0 Å². The first-order valence-corrected chi connectivity index (χ1v) is 10.1. The van der Waals surface area contributed by atoms with Crippen molar-refractivity contribution in [2.75, 3.05) is 13.6 Å². The number of thiophene rings is 1. The lowest BCUT2D eigenvalue weighted by Crippen LogP contribution is -2.31. The number of hydrogen-bond donors (Lipinski definition) is 0. The summed E-state index contributed by atoms with van der Waals surface area (Å²) in [4.78, 5) is 11.4. The molecule has 0 amide bonds. The van der Waals surface area contributed by atoms with Crippen LogP contribution in [0.1, 0.15) is 28.3 Å². The molecule has 0 N–H and O–H groups in total. The normalized spacial score (nSPS) is 17.2. The minimum Gasteiger partial charge on any atom is -0.301 e. The second-order valence-corrected chi connectivity index (χ2v) is 8.37. The zero-order valence-electron chi connectivity index (χ0n) is 15.5. The van der Waals surface area contributed by atoms with Crippen LogP contribution in [0.3, 0.4) is 0 Å². The molecule has 134 valence electrons. The SMILES string of the molecule is Cc1cncc(-c2ccc3c(c2)CN(C)CC3c2ccc3sccc3c2)n1. The first kappa shape index (κ1) is 16.6. The fraction of sp³-hybridized carbons (Fsp3) is 0.217. The summed E-state index contributed by atoms with van der Waals surface area (Å²) in [5, 5.41) is 3.52. The van der Waals surface area contributed by atoms with E-state index in [0.29, 0.717) is 5.92 Å². The largest absolute Gasteiger partial charge is 0.301 e. The highest BCUT2D eigenvalue weighted by Gasteiger charge is 2.25. The Labute approximate surface area is 163 Å². The van der Waals surface area contributed by atoms with E-state index in [9.17, 15) is 0 Å². The molecule has 3 nitrogen and oxygen atoms in total. The van der Waals surface area contributed by atoms with Gasteiger partial charge in [-0.3, -0.25) is 4.98 Å². The van der Waals surface area contributed by atoms with Gasteiger partial charge in [0.1, 0.15) is 0 Å². The highest BCUT2D eigenvalue weighted by Crippen LogP contribution is 2.36. The molecule has 1 aliphatic rings. The van der Waals surface area contributed by atoms with Crippen LogP contribution in [0, 0.1) is 6.92 Å². The standard InChI is InChI=1S/C23H21N3S/c1-15-11-24-12-22(25-15)17-3-5-20-19(10-17)13-26(2)14-21(20)16-4-6-23-18(9-16)7-8-27-23/h3-12,21H,13-14H2,1-2H3. The maximum absolute atomic E-state index is 4.64. The number of benzene rings is 2. The van der Waals surface area contributed by atoms with Gasteiger partial charge in [-0.25, -0.2) is 4.98 Å². The van der Waals surface area contributed by atoms with Gasteiger partial charge in [-0.1, -0.05) is 18.2 Å². The lowest BCUT2D eigenvalue weighted by Gasteiger charge is -2.33. The van der Waals surface area contributed by atoms with E-state index in [4.69, 9.17) is 0 Å². The molecule has 0 radical (unpaired) electrons. The van der Waals surface area contributed by atoms with E-state index in [1.807, 2.05) is 13.1 Å². The van der Waals surface area contributed by atoms with Crippen molar-refractivity contribution >= 4 is 21.4 Å². The molecule has 1 unspecified atom stereocenters. The van der Waals surface area contributed by atoms with E-state index in [2.05, 4.69) is 69.8 Å². The summed E-state index contributed by atoms with van der Waals surface area (Å²) in [5.41, 5.74) is 7.27. The number of fused-ring (bicyclic) bond motifs is 2. The average molecular weight is 372 g/mol. The Bertz CT molecular complexity index is 1130. The van der Waals surface area contributed by atoms with E-state index >= 15 is 0 Å². The molecule has 1 atom stereocenters. The van der Waals surface area contributed by atoms with E-state index in [0.717, 1.165) is 30.0 Å². The fourth-order valence-electron chi connectivity index (χ4n) is 4.10. The third-order valence-electron chi connectivity index (χ3n) is 5.38. The zero-order valence-corrected chi connectivity index (χ0v) is 16.3. The number of aryl methyl sites for hydroxylation is 1. The molecule has 2 aromatic heterocycles. The Morgan fingerprint density at radius 1 is 1.07 bits per heavy atom. The van der Waals surface area contributed by atoms with E-state index in [-0.39, 0.29) is 0 Å². The number of rotatable bonds is 2. The summed E-state index contributed by atoms with van der Waals surface area (Å²) in [6.07, 6.45) is 3.65. The maximum atomic E-state index is 4.64. The summed E-state index contributed by atoms with van der Waals surface area (Å²) < 4.78 is 1.36. The van der Waals surface area contributed by atoms with Crippen molar-refractivity contribution in [1.29, 1.82) is 0 Å². The van der Waals surface area contributed by atoms with Crippen molar-refractivity contribution < 1.29 is 0 Å². The number of nitrogens with zero attached hydrogens (tertiary/aromatic N) is 3. The maximum Gasteiger partial charge on any atom is 0.0888 e. The van der Waals surface area contributed by atoms with E-state index < -0.39 is 0 Å². The zero-order chi connectivity index (χ0) is 18.4. The van der Waals surface area contributed by atoms with Crippen LogP contribution in [0.25, 0.3) is 21.3 Å². The van der Waals surface area contributed by atoms with Gasteiger partial charge < -0.3 is 4.90 Å². The number of aromatic nitrogens is 2.